The molecule has 0 saturated carbocycles. The van der Waals surface area contributed by atoms with Crippen LogP contribution in [0.2, 0.25) is 0 Å². The molecular formula is C20H32O2Ru. The van der Waals surface area contributed by atoms with Gasteiger partial charge in [0.1, 0.15) is 12.6 Å². The van der Waals surface area contributed by atoms with Crippen molar-refractivity contribution in [2.75, 3.05) is 0 Å². The Bertz CT molecular complexity index is 391. The standard InChI is InChI=1S/2C10H16O.Ru/c2*1-9(2)5-4-6-10(3)7-8-11;/h2*5,7-8H,4,6H2,1-3H3;/b2*10-7-;. The summed E-state index contributed by atoms with van der Waals surface area (Å²) >= 11 is 0. The molecule has 0 bridgehead atoms. The Morgan fingerprint density at radius 1 is 0.652 bits per heavy atom. The number of hydrogen-bond donors (Lipinski definition) is 0. The third-order valence-corrected chi connectivity index (χ3v) is 2.89. The summed E-state index contributed by atoms with van der Waals surface area (Å²) in [6.45, 7) is 12.3. The predicted molar refractivity (Wildman–Crippen MR) is 97.0 cm³/mol. The van der Waals surface area contributed by atoms with Gasteiger partial charge < -0.3 is 0 Å². The first-order valence-electron chi connectivity index (χ1n) is 7.82. The van der Waals surface area contributed by atoms with E-state index in [0.717, 1.165) is 49.4 Å². The molecule has 0 saturated heterocycles. The summed E-state index contributed by atoms with van der Waals surface area (Å²) in [5.41, 5.74) is 4.97. The Kier molecular flexibility index (Phi) is 22.1. The van der Waals surface area contributed by atoms with E-state index in [-0.39, 0.29) is 19.5 Å². The van der Waals surface area contributed by atoms with E-state index in [0.29, 0.717) is 0 Å². The fourth-order valence-electron chi connectivity index (χ4n) is 1.58. The molecule has 0 fully saturated rings. The van der Waals surface area contributed by atoms with Crippen LogP contribution in [0, 0.1) is 0 Å². The second-order valence-corrected chi connectivity index (χ2v) is 5.94. The summed E-state index contributed by atoms with van der Waals surface area (Å²) < 4.78 is 0. The zero-order valence-electron chi connectivity index (χ0n) is 15.5. The van der Waals surface area contributed by atoms with E-state index in [9.17, 15) is 9.59 Å². The van der Waals surface area contributed by atoms with Crippen LogP contribution >= 0.6 is 0 Å². The summed E-state index contributed by atoms with van der Waals surface area (Å²) in [5, 5.41) is 0. The zero-order chi connectivity index (χ0) is 17.4. The molecule has 0 rings (SSSR count). The Balaban J connectivity index is -0.000000333. The third kappa shape index (κ3) is 26.2. The van der Waals surface area contributed by atoms with Gasteiger partial charge in [0.05, 0.1) is 0 Å². The fraction of sp³-hybridized carbons (Fsp3) is 0.500. The van der Waals surface area contributed by atoms with Gasteiger partial charge >= 0.3 is 0 Å². The van der Waals surface area contributed by atoms with Gasteiger partial charge in [-0.05, 0) is 79.4 Å². The molecule has 3 heteroatoms. The predicted octanol–water partition coefficient (Wildman–Crippen LogP) is 5.75. The molecule has 0 aromatic heterocycles. The number of rotatable bonds is 8. The summed E-state index contributed by atoms with van der Waals surface area (Å²) in [5.74, 6) is 0. The molecule has 23 heavy (non-hydrogen) atoms. The minimum Gasteiger partial charge on any atom is -0.299 e. The maximum atomic E-state index is 10.0. The van der Waals surface area contributed by atoms with Crippen molar-refractivity contribution in [1.29, 1.82) is 0 Å². The fourth-order valence-corrected chi connectivity index (χ4v) is 1.58. The largest absolute Gasteiger partial charge is 0.299 e. The van der Waals surface area contributed by atoms with Crippen molar-refractivity contribution in [1.82, 2.24) is 0 Å². The molecule has 0 aromatic carbocycles. The van der Waals surface area contributed by atoms with Gasteiger partial charge in [-0.25, -0.2) is 0 Å². The average molecular weight is 406 g/mol. The molecule has 132 valence electrons. The topological polar surface area (TPSA) is 34.1 Å². The van der Waals surface area contributed by atoms with Crippen LogP contribution in [0.5, 0.6) is 0 Å². The number of carbonyl (C=O) groups excluding carboxylic acids is 2. The van der Waals surface area contributed by atoms with Crippen LogP contribution in [0.25, 0.3) is 0 Å². The van der Waals surface area contributed by atoms with Crippen LogP contribution in [-0.2, 0) is 29.1 Å². The van der Waals surface area contributed by atoms with Crippen LogP contribution in [0.1, 0.15) is 67.2 Å². The third-order valence-electron chi connectivity index (χ3n) is 2.89. The SMILES string of the molecule is CC(C)=CCC/C(C)=C\C=O.CC(C)=CCC/C(C)=C\C=O.[Ru]. The van der Waals surface area contributed by atoms with Crippen LogP contribution in [0.3, 0.4) is 0 Å². The van der Waals surface area contributed by atoms with E-state index in [2.05, 4.69) is 39.8 Å². The van der Waals surface area contributed by atoms with Gasteiger partial charge in [0.15, 0.2) is 0 Å². The Hall–Kier alpha value is -1.08. The van der Waals surface area contributed by atoms with E-state index < -0.39 is 0 Å². The number of aldehydes is 2. The monoisotopic (exact) mass is 406 g/mol. The molecule has 0 unspecified atom stereocenters. The number of carbonyl (C=O) groups is 2. The smallest absolute Gasteiger partial charge is 0.142 e. The second kappa shape index (κ2) is 19.0. The molecule has 0 aliphatic heterocycles. The Labute approximate surface area is 155 Å². The minimum absolute atomic E-state index is 0. The molecule has 0 radical (unpaired) electrons. The van der Waals surface area contributed by atoms with E-state index in [4.69, 9.17) is 0 Å². The van der Waals surface area contributed by atoms with Gasteiger partial charge in [0.2, 0.25) is 0 Å². The van der Waals surface area contributed by atoms with E-state index in [1.54, 1.807) is 12.2 Å². The maximum absolute atomic E-state index is 10.0. The molecule has 0 aromatic rings. The number of allylic oxidation sites excluding steroid dienone is 8. The van der Waals surface area contributed by atoms with Crippen molar-refractivity contribution in [2.24, 2.45) is 0 Å². The van der Waals surface area contributed by atoms with Crippen LogP contribution in [0.4, 0.5) is 0 Å². The molecule has 0 spiro atoms. The van der Waals surface area contributed by atoms with E-state index in [1.807, 2.05) is 13.8 Å². The maximum Gasteiger partial charge on any atom is 0.142 e. The molecule has 0 amide bonds. The quantitative estimate of drug-likeness (QED) is 0.223. The molecule has 0 atom stereocenters. The zero-order valence-corrected chi connectivity index (χ0v) is 17.2. The van der Waals surface area contributed by atoms with Gasteiger partial charge in [0.25, 0.3) is 0 Å². The molecular weight excluding hydrogens is 373 g/mol. The number of hydrogen-bond acceptors (Lipinski definition) is 2. The van der Waals surface area contributed by atoms with Crippen molar-refractivity contribution < 1.29 is 29.1 Å². The summed E-state index contributed by atoms with van der Waals surface area (Å²) in [4.78, 5) is 20.0. The van der Waals surface area contributed by atoms with Gasteiger partial charge in [-0.3, -0.25) is 9.59 Å². The van der Waals surface area contributed by atoms with Crippen LogP contribution in [0.15, 0.2) is 46.6 Å². The van der Waals surface area contributed by atoms with Crippen molar-refractivity contribution in [3.05, 3.63) is 46.6 Å². The second-order valence-electron chi connectivity index (χ2n) is 5.94. The summed E-state index contributed by atoms with van der Waals surface area (Å²) in [6, 6.07) is 0. The van der Waals surface area contributed by atoms with Crippen molar-refractivity contribution in [2.45, 2.75) is 67.2 Å². The summed E-state index contributed by atoms with van der Waals surface area (Å²) in [7, 11) is 0. The van der Waals surface area contributed by atoms with Crippen molar-refractivity contribution in [3.63, 3.8) is 0 Å². The van der Waals surface area contributed by atoms with Crippen molar-refractivity contribution >= 4 is 12.6 Å². The summed E-state index contributed by atoms with van der Waals surface area (Å²) in [6.07, 6.45) is 13.4. The van der Waals surface area contributed by atoms with Gasteiger partial charge in [-0.1, -0.05) is 34.4 Å². The Morgan fingerprint density at radius 2 is 0.957 bits per heavy atom. The normalized spacial score (nSPS) is 10.5. The molecule has 0 N–H and O–H groups in total. The van der Waals surface area contributed by atoms with Crippen molar-refractivity contribution in [3.8, 4) is 0 Å². The van der Waals surface area contributed by atoms with Crippen LogP contribution < -0.4 is 0 Å². The van der Waals surface area contributed by atoms with E-state index >= 15 is 0 Å². The first kappa shape index (κ1) is 26.8. The first-order chi connectivity index (χ1) is 10.3. The van der Waals surface area contributed by atoms with Gasteiger partial charge in [-0.2, -0.15) is 0 Å². The molecule has 0 aliphatic carbocycles. The van der Waals surface area contributed by atoms with Gasteiger partial charge in [0, 0.05) is 19.5 Å². The van der Waals surface area contributed by atoms with Crippen LogP contribution in [-0.4, -0.2) is 12.6 Å². The molecule has 2 nitrogen and oxygen atoms in total. The average Bonchev–Trinajstić information content (AvgIpc) is 2.39. The Morgan fingerprint density at radius 3 is 1.17 bits per heavy atom. The van der Waals surface area contributed by atoms with E-state index in [1.165, 1.54) is 11.1 Å². The molecule has 0 aliphatic rings. The molecule has 0 heterocycles. The van der Waals surface area contributed by atoms with Gasteiger partial charge in [-0.15, -0.1) is 0 Å². The minimum atomic E-state index is 0. The first-order valence-corrected chi connectivity index (χ1v) is 7.82.